The van der Waals surface area contributed by atoms with Crippen LogP contribution in [-0.4, -0.2) is 49.7 Å². The summed E-state index contributed by atoms with van der Waals surface area (Å²) < 4.78 is 13.6. The maximum atomic E-state index is 14.7. The summed E-state index contributed by atoms with van der Waals surface area (Å²) in [7, 11) is 0. The van der Waals surface area contributed by atoms with Crippen molar-refractivity contribution < 1.29 is 39.2 Å². The molecule has 1 saturated heterocycles. The maximum absolute atomic E-state index is 14.7. The number of benzene rings is 1. The van der Waals surface area contributed by atoms with Gasteiger partial charge in [0.25, 0.3) is 0 Å². The number of hydrogen-bond donors (Lipinski definition) is 3. The van der Waals surface area contributed by atoms with Crippen molar-refractivity contribution in [2.24, 2.45) is 11.8 Å². The molecule has 0 amide bonds. The van der Waals surface area contributed by atoms with Gasteiger partial charge >= 0.3 is 5.97 Å². The zero-order valence-corrected chi connectivity index (χ0v) is 28.2. The lowest BCUT2D eigenvalue weighted by molar-refractivity contribution is -0.171. The number of aliphatic carboxylic acids is 1. The number of carboxylic acid groups (broad SMARTS) is 1. The molecule has 1 spiro atoms. The van der Waals surface area contributed by atoms with Crippen LogP contribution in [0.3, 0.4) is 0 Å². The number of allylic oxidation sites excluding steroid dienone is 7. The molecular weight excluding hydrogens is 584 g/mol. The largest absolute Gasteiger partial charge is 0.507 e. The van der Waals surface area contributed by atoms with Crippen LogP contribution >= 0.6 is 0 Å². The number of rotatable bonds is 10. The summed E-state index contributed by atoms with van der Waals surface area (Å²) in [5, 5.41) is 33.0. The third-order valence-corrected chi connectivity index (χ3v) is 10.2. The molecule has 1 aromatic rings. The monoisotopic (exact) mass is 630 g/mol. The van der Waals surface area contributed by atoms with Crippen LogP contribution in [-0.2, 0) is 27.2 Å². The number of aromatic hydroxyl groups is 2. The first-order valence-corrected chi connectivity index (χ1v) is 16.1. The van der Waals surface area contributed by atoms with Crippen LogP contribution in [0.4, 0.5) is 0 Å². The van der Waals surface area contributed by atoms with Gasteiger partial charge in [0.15, 0.2) is 22.8 Å². The number of carbonyl (C=O) groups excluding carboxylic acids is 2. The van der Waals surface area contributed by atoms with E-state index in [0.29, 0.717) is 12.0 Å². The third kappa shape index (κ3) is 5.05. The highest BCUT2D eigenvalue weighted by molar-refractivity contribution is 6.18. The zero-order chi connectivity index (χ0) is 33.9. The predicted octanol–water partition coefficient (Wildman–Crippen LogP) is 7.27. The van der Waals surface area contributed by atoms with E-state index >= 15 is 0 Å². The SMILES string of the molecule is CC(C)=CCC/C(C)=C/Cc1c(O)c(CC=C(C)C)c2c(c1O)C(=O)C1=C[C@@H]3C[C@@H]4C(C)(C)O[C@](C/C=C(/C)C(=O)O)(C3=O)[C@@]14O2. The van der Waals surface area contributed by atoms with Crippen LogP contribution < -0.4 is 4.74 Å². The molecule has 8 nitrogen and oxygen atoms in total. The summed E-state index contributed by atoms with van der Waals surface area (Å²) in [6.07, 6.45) is 11.6. The van der Waals surface area contributed by atoms with Crippen molar-refractivity contribution in [1.82, 2.24) is 0 Å². The molecule has 3 N–H and O–H groups in total. The second-order valence-electron chi connectivity index (χ2n) is 14.4. The molecule has 46 heavy (non-hydrogen) atoms. The fourth-order valence-electron chi connectivity index (χ4n) is 7.80. The molecule has 0 radical (unpaired) electrons. The van der Waals surface area contributed by atoms with Crippen LogP contribution in [0.1, 0.15) is 103 Å². The van der Waals surface area contributed by atoms with Crippen LogP contribution in [0.15, 0.2) is 58.2 Å². The summed E-state index contributed by atoms with van der Waals surface area (Å²) in [5.41, 5.74) is 0.0623. The van der Waals surface area contributed by atoms with Crippen molar-refractivity contribution in [2.75, 3.05) is 0 Å². The Morgan fingerprint density at radius 2 is 1.59 bits per heavy atom. The fourth-order valence-corrected chi connectivity index (χ4v) is 7.80. The number of carbonyl (C=O) groups is 3. The Kier molecular flexibility index (Phi) is 8.52. The van der Waals surface area contributed by atoms with Gasteiger partial charge in [-0.2, -0.15) is 0 Å². The van der Waals surface area contributed by atoms with Crippen molar-refractivity contribution in [1.29, 1.82) is 0 Å². The van der Waals surface area contributed by atoms with Crippen LogP contribution in [0, 0.1) is 11.8 Å². The molecule has 8 heteroatoms. The standard InChI is InChI=1S/C38H46O8/c1-20(2)10-9-11-22(5)13-15-25-30(39)26(14-12-21(3)4)33-29(31(25)40)32(41)27-18-24-19-28-36(7,8)46-37(34(24)42,38(27,28)45-33)17-16-23(6)35(43)44/h10,12-13,16,18,24,28,39-40H,9,11,14-15,17,19H2,1-8H3,(H,43,44)/b22-13+,23-16-/t24-,28-,37-,38-/m1/s1. The summed E-state index contributed by atoms with van der Waals surface area (Å²) in [4.78, 5) is 40.6. The van der Waals surface area contributed by atoms with Crippen molar-refractivity contribution in [3.05, 3.63) is 74.9 Å². The Labute approximate surface area is 271 Å². The minimum absolute atomic E-state index is 0.0259. The third-order valence-electron chi connectivity index (χ3n) is 10.2. The smallest absolute Gasteiger partial charge is 0.330 e. The minimum atomic E-state index is -1.67. The number of fused-ring (bicyclic) bond motifs is 1. The number of Topliss-reactive ketones (excluding diaryl/α,β-unsaturated/α-hetero) is 2. The highest BCUT2D eigenvalue weighted by atomic mass is 16.6. The molecular formula is C38H46O8. The van der Waals surface area contributed by atoms with Crippen molar-refractivity contribution in [2.45, 2.75) is 111 Å². The fraction of sp³-hybridized carbons (Fsp3) is 0.500. The van der Waals surface area contributed by atoms with E-state index in [2.05, 4.69) is 19.9 Å². The number of phenolic OH excluding ortho intramolecular Hbond substituents is 2. The van der Waals surface area contributed by atoms with Crippen molar-refractivity contribution >= 4 is 17.5 Å². The van der Waals surface area contributed by atoms with E-state index in [1.807, 2.05) is 46.8 Å². The Morgan fingerprint density at radius 1 is 0.935 bits per heavy atom. The van der Waals surface area contributed by atoms with E-state index in [-0.39, 0.29) is 64.6 Å². The molecule has 0 unspecified atom stereocenters. The average Bonchev–Trinajstić information content (AvgIpc) is 3.12. The van der Waals surface area contributed by atoms with E-state index < -0.39 is 40.4 Å². The molecule has 1 saturated carbocycles. The van der Waals surface area contributed by atoms with Crippen LogP contribution in [0.2, 0.25) is 0 Å². The summed E-state index contributed by atoms with van der Waals surface area (Å²) >= 11 is 0. The van der Waals surface area contributed by atoms with E-state index in [0.717, 1.165) is 24.0 Å². The molecule has 4 bridgehead atoms. The van der Waals surface area contributed by atoms with Crippen LogP contribution in [0.25, 0.3) is 0 Å². The summed E-state index contributed by atoms with van der Waals surface area (Å²) in [6, 6.07) is 0. The number of hydrogen-bond acceptors (Lipinski definition) is 7. The Morgan fingerprint density at radius 3 is 2.22 bits per heavy atom. The zero-order valence-electron chi connectivity index (χ0n) is 28.2. The molecule has 0 aromatic heterocycles. The molecule has 2 heterocycles. The molecule has 2 aliphatic heterocycles. The van der Waals surface area contributed by atoms with Gasteiger partial charge in [-0.25, -0.2) is 4.79 Å². The van der Waals surface area contributed by atoms with Gasteiger partial charge in [0.2, 0.25) is 0 Å². The molecule has 3 aliphatic carbocycles. The highest BCUT2D eigenvalue weighted by Gasteiger charge is 2.81. The van der Waals surface area contributed by atoms with Crippen LogP contribution in [0.5, 0.6) is 17.2 Å². The van der Waals surface area contributed by atoms with E-state index in [1.54, 1.807) is 6.08 Å². The van der Waals surface area contributed by atoms with Gasteiger partial charge in [-0.3, -0.25) is 9.59 Å². The topological polar surface area (TPSA) is 130 Å². The van der Waals surface area contributed by atoms with Gasteiger partial charge in [0.05, 0.1) is 5.60 Å². The number of carboxylic acids is 1. The Balaban J connectivity index is 1.71. The Hall–Kier alpha value is -3.91. The number of ether oxygens (including phenoxy) is 2. The molecule has 5 aliphatic rings. The highest BCUT2D eigenvalue weighted by Crippen LogP contribution is 2.68. The predicted molar refractivity (Wildman–Crippen MR) is 175 cm³/mol. The minimum Gasteiger partial charge on any atom is -0.507 e. The Bertz CT molecular complexity index is 1670. The molecule has 2 fully saturated rings. The normalized spacial score (nSPS) is 27.4. The number of ketones is 2. The number of phenols is 2. The van der Waals surface area contributed by atoms with Gasteiger partial charge < -0.3 is 24.8 Å². The lowest BCUT2D eigenvalue weighted by Gasteiger charge is -2.56. The first kappa shape index (κ1) is 33.5. The quantitative estimate of drug-likeness (QED) is 0.182. The van der Waals surface area contributed by atoms with E-state index in [4.69, 9.17) is 9.47 Å². The summed E-state index contributed by atoms with van der Waals surface area (Å²) in [6.45, 7) is 15.2. The second kappa shape index (κ2) is 11.7. The summed E-state index contributed by atoms with van der Waals surface area (Å²) in [5.74, 6) is -3.33. The van der Waals surface area contributed by atoms with Gasteiger partial charge in [-0.05, 0) is 87.5 Å². The van der Waals surface area contributed by atoms with E-state index in [9.17, 15) is 29.7 Å². The first-order chi connectivity index (χ1) is 21.5. The van der Waals surface area contributed by atoms with E-state index in [1.165, 1.54) is 18.6 Å². The van der Waals surface area contributed by atoms with Gasteiger partial charge in [0.1, 0.15) is 22.8 Å². The van der Waals surface area contributed by atoms with Gasteiger partial charge in [-0.1, -0.05) is 47.1 Å². The van der Waals surface area contributed by atoms with Crippen molar-refractivity contribution in [3.63, 3.8) is 0 Å². The average molecular weight is 631 g/mol. The first-order valence-electron chi connectivity index (χ1n) is 16.1. The second-order valence-corrected chi connectivity index (χ2v) is 14.4. The molecule has 1 aromatic carbocycles. The van der Waals surface area contributed by atoms with Gasteiger partial charge in [0, 0.05) is 40.5 Å². The lowest BCUT2D eigenvalue weighted by Crippen LogP contribution is -2.72. The van der Waals surface area contributed by atoms with Crippen molar-refractivity contribution in [3.8, 4) is 17.2 Å². The lowest BCUT2D eigenvalue weighted by atomic mass is 9.51. The maximum Gasteiger partial charge on any atom is 0.330 e. The van der Waals surface area contributed by atoms with Gasteiger partial charge in [-0.15, -0.1) is 0 Å². The molecule has 4 atom stereocenters. The molecule has 246 valence electrons. The molecule has 6 rings (SSSR count).